The summed E-state index contributed by atoms with van der Waals surface area (Å²) < 4.78 is 13.4. The molecule has 0 bridgehead atoms. The number of halogens is 1. The van der Waals surface area contributed by atoms with Crippen LogP contribution in [0.25, 0.3) is 0 Å². The largest absolute Gasteiger partial charge is 0.349 e. The fourth-order valence-corrected chi connectivity index (χ4v) is 2.25. The van der Waals surface area contributed by atoms with E-state index in [0.717, 1.165) is 0 Å². The second-order valence-corrected chi connectivity index (χ2v) is 4.73. The molecule has 0 aliphatic carbocycles. The fraction of sp³-hybridized carbons (Fsp3) is 0.429. The van der Waals surface area contributed by atoms with Crippen LogP contribution >= 0.6 is 0 Å². The molecule has 0 radical (unpaired) electrons. The average Bonchev–Trinajstić information content (AvgIpc) is 2.39. The topological polar surface area (TPSA) is 49.4 Å². The van der Waals surface area contributed by atoms with E-state index in [-0.39, 0.29) is 23.4 Å². The Morgan fingerprint density at radius 1 is 1.26 bits per heavy atom. The maximum absolute atomic E-state index is 13.4. The molecule has 2 amide bonds. The Kier molecular flexibility index (Phi) is 4.14. The van der Waals surface area contributed by atoms with Crippen molar-refractivity contribution in [3.63, 3.8) is 0 Å². The number of benzene rings is 1. The second kappa shape index (κ2) is 5.82. The lowest BCUT2D eigenvalue weighted by Crippen LogP contribution is -2.46. The molecule has 1 aromatic rings. The number of likely N-dealkylation sites (tertiary alicyclic amines) is 1. The van der Waals surface area contributed by atoms with Gasteiger partial charge < -0.3 is 10.2 Å². The molecule has 1 fully saturated rings. The lowest BCUT2D eigenvalue weighted by molar-refractivity contribution is -0.129. The second-order valence-electron chi connectivity index (χ2n) is 4.73. The van der Waals surface area contributed by atoms with Gasteiger partial charge in [-0.05, 0) is 25.0 Å². The third-order valence-corrected chi connectivity index (χ3v) is 3.39. The predicted octanol–water partition coefficient (Wildman–Crippen LogP) is 1.57. The van der Waals surface area contributed by atoms with E-state index >= 15 is 0 Å². The highest BCUT2D eigenvalue weighted by Crippen LogP contribution is 2.12. The number of carbonyl (C=O) groups is 2. The number of nitrogens with one attached hydrogen (secondary N) is 1. The minimum absolute atomic E-state index is 0.00251. The number of nitrogens with zero attached hydrogens (tertiary/aromatic N) is 1. The quantitative estimate of drug-likeness (QED) is 0.881. The first-order valence-corrected chi connectivity index (χ1v) is 6.39. The molecule has 102 valence electrons. The minimum Gasteiger partial charge on any atom is -0.349 e. The Balaban J connectivity index is 1.91. The number of hydrogen-bond donors (Lipinski definition) is 1. The molecule has 5 heteroatoms. The predicted molar refractivity (Wildman–Crippen MR) is 69.1 cm³/mol. The van der Waals surface area contributed by atoms with E-state index in [1.54, 1.807) is 17.0 Å². The van der Waals surface area contributed by atoms with Crippen LogP contribution in [-0.4, -0.2) is 35.8 Å². The molecule has 0 unspecified atom stereocenters. The van der Waals surface area contributed by atoms with Crippen molar-refractivity contribution in [1.82, 2.24) is 10.2 Å². The summed E-state index contributed by atoms with van der Waals surface area (Å²) in [4.78, 5) is 24.9. The van der Waals surface area contributed by atoms with Crippen molar-refractivity contribution < 1.29 is 14.0 Å². The van der Waals surface area contributed by atoms with E-state index in [1.165, 1.54) is 19.1 Å². The molecule has 1 heterocycles. The van der Waals surface area contributed by atoms with Gasteiger partial charge in [-0.15, -0.1) is 0 Å². The molecule has 4 nitrogen and oxygen atoms in total. The number of hydrogen-bond acceptors (Lipinski definition) is 2. The standard InChI is InChI=1S/C14H17FN2O2/c1-10(18)17-8-6-11(7-9-17)16-14(19)12-4-2-3-5-13(12)15/h2-5,11H,6-9H2,1H3,(H,16,19). The molecule has 0 saturated carbocycles. The summed E-state index contributed by atoms with van der Waals surface area (Å²) in [5.41, 5.74) is 0.0662. The first kappa shape index (κ1) is 13.5. The molecule has 0 atom stereocenters. The monoisotopic (exact) mass is 264 g/mol. The molecule has 1 N–H and O–H groups in total. The first-order valence-electron chi connectivity index (χ1n) is 6.39. The maximum atomic E-state index is 13.4. The van der Waals surface area contributed by atoms with E-state index in [0.29, 0.717) is 25.9 Å². The van der Waals surface area contributed by atoms with Crippen LogP contribution < -0.4 is 5.32 Å². The molecule has 0 spiro atoms. The van der Waals surface area contributed by atoms with Crippen LogP contribution in [0, 0.1) is 5.82 Å². The number of piperidine rings is 1. The van der Waals surface area contributed by atoms with Gasteiger partial charge in [0.2, 0.25) is 5.91 Å². The molecule has 0 aromatic heterocycles. The van der Waals surface area contributed by atoms with Gasteiger partial charge in [0.1, 0.15) is 5.82 Å². The smallest absolute Gasteiger partial charge is 0.254 e. The summed E-state index contributed by atoms with van der Waals surface area (Å²) in [6.45, 7) is 2.81. The van der Waals surface area contributed by atoms with Gasteiger partial charge >= 0.3 is 0 Å². The number of rotatable bonds is 2. The van der Waals surface area contributed by atoms with Gasteiger partial charge in [0.15, 0.2) is 0 Å². The van der Waals surface area contributed by atoms with E-state index in [4.69, 9.17) is 0 Å². The third-order valence-electron chi connectivity index (χ3n) is 3.39. The fourth-order valence-electron chi connectivity index (χ4n) is 2.25. The van der Waals surface area contributed by atoms with Gasteiger partial charge in [-0.2, -0.15) is 0 Å². The third kappa shape index (κ3) is 3.30. The van der Waals surface area contributed by atoms with Crippen molar-refractivity contribution >= 4 is 11.8 Å². The van der Waals surface area contributed by atoms with Crippen molar-refractivity contribution in [3.05, 3.63) is 35.6 Å². The molecule has 1 aromatic carbocycles. The van der Waals surface area contributed by atoms with Gasteiger partial charge in [-0.1, -0.05) is 12.1 Å². The van der Waals surface area contributed by atoms with E-state index in [1.807, 2.05) is 0 Å². The molecule has 2 rings (SSSR count). The van der Waals surface area contributed by atoms with Gasteiger partial charge in [0.25, 0.3) is 5.91 Å². The SMILES string of the molecule is CC(=O)N1CCC(NC(=O)c2ccccc2F)CC1. The van der Waals surface area contributed by atoms with Gasteiger partial charge in [0.05, 0.1) is 5.56 Å². The molecule has 1 aliphatic heterocycles. The maximum Gasteiger partial charge on any atom is 0.254 e. The van der Waals surface area contributed by atoms with Crippen LogP contribution in [0.15, 0.2) is 24.3 Å². The summed E-state index contributed by atoms with van der Waals surface area (Å²) in [7, 11) is 0. The Bertz CT molecular complexity index is 482. The number of amides is 2. The Morgan fingerprint density at radius 3 is 2.47 bits per heavy atom. The van der Waals surface area contributed by atoms with Crippen molar-refractivity contribution in [2.75, 3.05) is 13.1 Å². The lowest BCUT2D eigenvalue weighted by Gasteiger charge is -2.31. The van der Waals surface area contributed by atoms with Gasteiger partial charge in [-0.25, -0.2) is 4.39 Å². The van der Waals surface area contributed by atoms with Crippen LogP contribution in [0.2, 0.25) is 0 Å². The normalized spacial score (nSPS) is 16.2. The molecule has 1 saturated heterocycles. The van der Waals surface area contributed by atoms with Crippen molar-refractivity contribution in [2.24, 2.45) is 0 Å². The highest BCUT2D eigenvalue weighted by molar-refractivity contribution is 5.94. The first-order chi connectivity index (χ1) is 9.08. The molecule has 1 aliphatic rings. The number of carbonyl (C=O) groups excluding carboxylic acids is 2. The van der Waals surface area contributed by atoms with Crippen LogP contribution in [-0.2, 0) is 4.79 Å². The Morgan fingerprint density at radius 2 is 1.89 bits per heavy atom. The molecular formula is C14H17FN2O2. The zero-order valence-corrected chi connectivity index (χ0v) is 10.9. The summed E-state index contributed by atoms with van der Waals surface area (Å²) in [6, 6.07) is 5.93. The van der Waals surface area contributed by atoms with Crippen molar-refractivity contribution in [2.45, 2.75) is 25.8 Å². The molecular weight excluding hydrogens is 247 g/mol. The lowest BCUT2D eigenvalue weighted by atomic mass is 10.0. The van der Waals surface area contributed by atoms with Gasteiger partial charge in [0, 0.05) is 26.1 Å². The minimum atomic E-state index is -0.513. The van der Waals surface area contributed by atoms with Crippen LogP contribution in [0.3, 0.4) is 0 Å². The van der Waals surface area contributed by atoms with Crippen molar-refractivity contribution in [1.29, 1.82) is 0 Å². The zero-order valence-electron chi connectivity index (χ0n) is 10.9. The Hall–Kier alpha value is -1.91. The summed E-state index contributed by atoms with van der Waals surface area (Å²) >= 11 is 0. The van der Waals surface area contributed by atoms with Crippen LogP contribution in [0.5, 0.6) is 0 Å². The van der Waals surface area contributed by atoms with Crippen LogP contribution in [0.4, 0.5) is 4.39 Å². The summed E-state index contributed by atoms with van der Waals surface area (Å²) in [5.74, 6) is -0.848. The summed E-state index contributed by atoms with van der Waals surface area (Å²) in [5, 5.41) is 2.82. The average molecular weight is 264 g/mol. The van der Waals surface area contributed by atoms with E-state index in [2.05, 4.69) is 5.32 Å². The summed E-state index contributed by atoms with van der Waals surface area (Å²) in [6.07, 6.45) is 1.42. The van der Waals surface area contributed by atoms with E-state index < -0.39 is 5.82 Å². The van der Waals surface area contributed by atoms with Gasteiger partial charge in [-0.3, -0.25) is 9.59 Å². The Labute approximate surface area is 111 Å². The highest BCUT2D eigenvalue weighted by atomic mass is 19.1. The molecule has 19 heavy (non-hydrogen) atoms. The van der Waals surface area contributed by atoms with Crippen LogP contribution in [0.1, 0.15) is 30.1 Å². The zero-order chi connectivity index (χ0) is 13.8. The van der Waals surface area contributed by atoms with E-state index in [9.17, 15) is 14.0 Å². The highest BCUT2D eigenvalue weighted by Gasteiger charge is 2.23. The van der Waals surface area contributed by atoms with Crippen molar-refractivity contribution in [3.8, 4) is 0 Å².